The first kappa shape index (κ1) is 14.0. The summed E-state index contributed by atoms with van der Waals surface area (Å²) in [5.74, 6) is 0. The van der Waals surface area contributed by atoms with Gasteiger partial charge in [-0.2, -0.15) is 0 Å². The molecule has 7 heteroatoms. The van der Waals surface area contributed by atoms with Crippen LogP contribution in [0.1, 0.15) is 5.56 Å². The summed E-state index contributed by atoms with van der Waals surface area (Å²) in [5.41, 5.74) is 2.16. The molecule has 3 heterocycles. The third-order valence-electron chi connectivity index (χ3n) is 2.79. The van der Waals surface area contributed by atoms with Crippen LogP contribution < -0.4 is 5.32 Å². The number of pyridine rings is 2. The third-order valence-corrected chi connectivity index (χ3v) is 4.36. The molecule has 3 rings (SSSR count). The molecule has 3 aromatic heterocycles. The van der Waals surface area contributed by atoms with Crippen molar-refractivity contribution in [2.24, 2.45) is 0 Å². The number of aromatic nitrogens is 4. The quantitative estimate of drug-likeness (QED) is 0.729. The van der Waals surface area contributed by atoms with E-state index in [2.05, 4.69) is 31.5 Å². The van der Waals surface area contributed by atoms with Crippen LogP contribution in [0.4, 0.5) is 5.13 Å². The predicted octanol–water partition coefficient (Wildman–Crippen LogP) is 3.33. The van der Waals surface area contributed by atoms with Gasteiger partial charge in [-0.15, -0.1) is 22.0 Å². The second kappa shape index (κ2) is 6.64. The van der Waals surface area contributed by atoms with Crippen LogP contribution in [0, 0.1) is 0 Å². The first-order valence-electron chi connectivity index (χ1n) is 6.32. The van der Waals surface area contributed by atoms with Crippen LogP contribution in [-0.4, -0.2) is 26.4 Å². The Morgan fingerprint density at radius 1 is 1.24 bits per heavy atom. The van der Waals surface area contributed by atoms with Crippen molar-refractivity contribution in [2.45, 2.75) is 11.6 Å². The fourth-order valence-corrected chi connectivity index (χ4v) is 2.92. The van der Waals surface area contributed by atoms with Crippen molar-refractivity contribution in [1.29, 1.82) is 0 Å². The number of hydrogen-bond donors (Lipinski definition) is 1. The summed E-state index contributed by atoms with van der Waals surface area (Å²) in [6, 6.07) is 7.94. The van der Waals surface area contributed by atoms with Crippen molar-refractivity contribution < 1.29 is 0 Å². The highest BCUT2D eigenvalue weighted by atomic mass is 32.2. The first-order valence-corrected chi connectivity index (χ1v) is 8.36. The molecule has 0 aromatic carbocycles. The second-order valence-electron chi connectivity index (χ2n) is 4.21. The molecule has 0 radical (unpaired) electrons. The van der Waals surface area contributed by atoms with Gasteiger partial charge in [-0.05, 0) is 36.1 Å². The lowest BCUT2D eigenvalue weighted by Crippen LogP contribution is -1.99. The van der Waals surface area contributed by atoms with Crippen LogP contribution in [0.15, 0.2) is 47.9 Å². The molecule has 0 unspecified atom stereocenters. The highest BCUT2D eigenvalue weighted by Crippen LogP contribution is 2.25. The van der Waals surface area contributed by atoms with E-state index in [0.29, 0.717) is 6.54 Å². The van der Waals surface area contributed by atoms with Crippen LogP contribution in [-0.2, 0) is 6.54 Å². The molecule has 0 amide bonds. The van der Waals surface area contributed by atoms with E-state index in [1.807, 2.05) is 30.7 Å². The van der Waals surface area contributed by atoms with Crippen molar-refractivity contribution in [3.63, 3.8) is 0 Å². The molecule has 21 heavy (non-hydrogen) atoms. The zero-order valence-corrected chi connectivity index (χ0v) is 13.0. The number of hydrogen-bond acceptors (Lipinski definition) is 7. The zero-order chi connectivity index (χ0) is 14.5. The lowest BCUT2D eigenvalue weighted by molar-refractivity contribution is 1.03. The average Bonchev–Trinajstić information content (AvgIpc) is 3.03. The molecule has 0 aliphatic rings. The summed E-state index contributed by atoms with van der Waals surface area (Å²) in [7, 11) is 0. The Bertz CT molecular complexity index is 714. The van der Waals surface area contributed by atoms with E-state index in [1.165, 1.54) is 16.9 Å². The number of nitrogens with one attached hydrogen (secondary N) is 1. The van der Waals surface area contributed by atoms with E-state index >= 15 is 0 Å². The zero-order valence-electron chi connectivity index (χ0n) is 11.4. The normalized spacial score (nSPS) is 10.5. The van der Waals surface area contributed by atoms with E-state index in [1.54, 1.807) is 24.2 Å². The summed E-state index contributed by atoms with van der Waals surface area (Å²) >= 11 is 3.16. The number of anilines is 1. The molecule has 5 nitrogen and oxygen atoms in total. The van der Waals surface area contributed by atoms with Gasteiger partial charge in [-0.25, -0.2) is 4.98 Å². The van der Waals surface area contributed by atoms with Gasteiger partial charge >= 0.3 is 0 Å². The summed E-state index contributed by atoms with van der Waals surface area (Å²) < 4.78 is 0. The highest BCUT2D eigenvalue weighted by molar-refractivity contribution is 7.98. The average molecular weight is 315 g/mol. The Labute approximate surface area is 130 Å². The number of rotatable bonds is 5. The van der Waals surface area contributed by atoms with Gasteiger partial charge in [0.05, 0.1) is 5.03 Å². The van der Waals surface area contributed by atoms with E-state index < -0.39 is 0 Å². The summed E-state index contributed by atoms with van der Waals surface area (Å²) in [6.45, 7) is 0.706. The molecule has 0 fully saturated rings. The molecular weight excluding hydrogens is 302 g/mol. The summed E-state index contributed by atoms with van der Waals surface area (Å²) in [4.78, 5) is 8.35. The maximum absolute atomic E-state index is 4.26. The molecule has 106 valence electrons. The van der Waals surface area contributed by atoms with E-state index in [0.717, 1.165) is 20.7 Å². The van der Waals surface area contributed by atoms with Gasteiger partial charge in [0.15, 0.2) is 5.01 Å². The Balaban J connectivity index is 1.67. The minimum Gasteiger partial charge on any atom is -0.356 e. The minimum absolute atomic E-state index is 0.706. The maximum Gasteiger partial charge on any atom is 0.206 e. The molecule has 1 N–H and O–H groups in total. The van der Waals surface area contributed by atoms with Crippen LogP contribution in [0.25, 0.3) is 10.6 Å². The maximum atomic E-state index is 4.26. The fraction of sp³-hybridized carbons (Fsp3) is 0.143. The number of thioether (sulfide) groups is 1. The predicted molar refractivity (Wildman–Crippen MR) is 86.5 cm³/mol. The Morgan fingerprint density at radius 3 is 3.00 bits per heavy atom. The van der Waals surface area contributed by atoms with Crippen molar-refractivity contribution in [1.82, 2.24) is 20.2 Å². The van der Waals surface area contributed by atoms with Gasteiger partial charge in [-0.1, -0.05) is 11.3 Å². The highest BCUT2D eigenvalue weighted by Gasteiger charge is 2.06. The van der Waals surface area contributed by atoms with Gasteiger partial charge in [0, 0.05) is 30.7 Å². The van der Waals surface area contributed by atoms with Gasteiger partial charge < -0.3 is 5.32 Å². The monoisotopic (exact) mass is 315 g/mol. The Hall–Kier alpha value is -1.99. The molecule has 0 saturated carbocycles. The van der Waals surface area contributed by atoms with E-state index in [9.17, 15) is 0 Å². The third kappa shape index (κ3) is 3.56. The summed E-state index contributed by atoms with van der Waals surface area (Å²) in [5, 5.41) is 14.3. The molecule has 0 atom stereocenters. The SMILES string of the molecule is CSc1cc(CNc2nnc(-c3cccnc3)s2)ccn1. The van der Waals surface area contributed by atoms with Crippen molar-refractivity contribution in [2.75, 3.05) is 11.6 Å². The van der Waals surface area contributed by atoms with Crippen LogP contribution >= 0.6 is 23.1 Å². The Kier molecular flexibility index (Phi) is 4.42. The van der Waals surface area contributed by atoms with Gasteiger partial charge in [-0.3, -0.25) is 4.98 Å². The molecule has 0 aliphatic carbocycles. The minimum atomic E-state index is 0.706. The van der Waals surface area contributed by atoms with Crippen LogP contribution in [0.5, 0.6) is 0 Å². The first-order chi connectivity index (χ1) is 10.3. The Morgan fingerprint density at radius 2 is 2.19 bits per heavy atom. The molecule has 0 aliphatic heterocycles. The smallest absolute Gasteiger partial charge is 0.206 e. The van der Waals surface area contributed by atoms with Gasteiger partial charge in [0.2, 0.25) is 5.13 Å². The lowest BCUT2D eigenvalue weighted by atomic mass is 10.3. The van der Waals surface area contributed by atoms with Crippen molar-refractivity contribution in [3.05, 3.63) is 48.4 Å². The van der Waals surface area contributed by atoms with Crippen LogP contribution in [0.2, 0.25) is 0 Å². The fourth-order valence-electron chi connectivity index (χ4n) is 1.75. The van der Waals surface area contributed by atoms with Crippen molar-refractivity contribution in [3.8, 4) is 10.6 Å². The molecule has 3 aromatic rings. The van der Waals surface area contributed by atoms with E-state index in [-0.39, 0.29) is 0 Å². The molecular formula is C14H13N5S2. The lowest BCUT2D eigenvalue weighted by Gasteiger charge is -2.03. The number of nitrogens with zero attached hydrogens (tertiary/aromatic N) is 4. The molecule has 0 bridgehead atoms. The topological polar surface area (TPSA) is 63.6 Å². The largest absolute Gasteiger partial charge is 0.356 e. The second-order valence-corrected chi connectivity index (χ2v) is 6.02. The summed E-state index contributed by atoms with van der Waals surface area (Å²) in [6.07, 6.45) is 7.38. The van der Waals surface area contributed by atoms with Crippen LogP contribution in [0.3, 0.4) is 0 Å². The standard InChI is InChI=1S/C14H13N5S2/c1-20-12-7-10(4-6-16-12)8-17-14-19-18-13(21-14)11-3-2-5-15-9-11/h2-7,9H,8H2,1H3,(H,17,19). The van der Waals surface area contributed by atoms with Gasteiger partial charge in [0.1, 0.15) is 0 Å². The van der Waals surface area contributed by atoms with E-state index in [4.69, 9.17) is 0 Å². The molecule has 0 spiro atoms. The van der Waals surface area contributed by atoms with Crippen molar-refractivity contribution >= 4 is 28.2 Å². The van der Waals surface area contributed by atoms with Gasteiger partial charge in [0.25, 0.3) is 0 Å². The molecule has 0 saturated heterocycles.